The topological polar surface area (TPSA) is 72.1 Å². The number of rotatable bonds is 3. The number of para-hydroxylation sites is 1. The van der Waals surface area contributed by atoms with Crippen molar-refractivity contribution in [3.8, 4) is 11.3 Å². The first-order valence-corrected chi connectivity index (χ1v) is 11.5. The highest BCUT2D eigenvalue weighted by atomic mass is 32.1. The fourth-order valence-corrected chi connectivity index (χ4v) is 5.59. The van der Waals surface area contributed by atoms with Gasteiger partial charge in [0.25, 0.3) is 11.6 Å². The maximum absolute atomic E-state index is 13.9. The molecule has 4 heterocycles. The summed E-state index contributed by atoms with van der Waals surface area (Å²) >= 11 is 1.67. The number of fused-ring (bicyclic) bond motifs is 2. The molecule has 1 fully saturated rings. The largest absolute Gasteiger partial charge is 0.335 e. The molecule has 0 radical (unpaired) electrons. The highest BCUT2D eigenvalue weighted by Crippen LogP contribution is 2.38. The van der Waals surface area contributed by atoms with Crippen LogP contribution in [0.3, 0.4) is 0 Å². The van der Waals surface area contributed by atoms with Crippen molar-refractivity contribution in [1.29, 1.82) is 0 Å². The monoisotopic (exact) mass is 440 g/mol. The normalized spacial score (nSPS) is 16.3. The molecule has 1 aliphatic rings. The molecule has 1 saturated heterocycles. The minimum absolute atomic E-state index is 0.0246. The van der Waals surface area contributed by atoms with Crippen LogP contribution in [-0.2, 0) is 0 Å². The van der Waals surface area contributed by atoms with Crippen LogP contribution in [0.5, 0.6) is 0 Å². The second kappa shape index (κ2) is 7.53. The average molecular weight is 441 g/mol. The third kappa shape index (κ3) is 3.08. The molecule has 0 saturated carbocycles. The van der Waals surface area contributed by atoms with Crippen molar-refractivity contribution in [1.82, 2.24) is 20.0 Å². The van der Waals surface area contributed by atoms with E-state index in [4.69, 9.17) is 9.51 Å². The van der Waals surface area contributed by atoms with E-state index < -0.39 is 0 Å². The smallest absolute Gasteiger partial charge is 0.259 e. The van der Waals surface area contributed by atoms with Gasteiger partial charge in [0.05, 0.1) is 38.6 Å². The SMILES string of the molecule is Cc1noc2nc(-c3ccccc3)cc(C(=O)N3CCCC3c3nc4ccccc4s3)c12. The van der Waals surface area contributed by atoms with Crippen LogP contribution in [0.2, 0.25) is 0 Å². The van der Waals surface area contributed by atoms with Gasteiger partial charge in [0.1, 0.15) is 5.01 Å². The van der Waals surface area contributed by atoms with Crippen molar-refractivity contribution in [3.05, 3.63) is 76.9 Å². The Kier molecular flexibility index (Phi) is 4.50. The van der Waals surface area contributed by atoms with E-state index in [0.29, 0.717) is 34.6 Å². The minimum atomic E-state index is -0.0253. The quantitative estimate of drug-likeness (QED) is 0.355. The molecule has 1 aliphatic heterocycles. The first-order chi connectivity index (χ1) is 15.7. The predicted octanol–water partition coefficient (Wildman–Crippen LogP) is 5.79. The summed E-state index contributed by atoms with van der Waals surface area (Å²) in [6.45, 7) is 2.55. The highest BCUT2D eigenvalue weighted by molar-refractivity contribution is 7.18. The first-order valence-electron chi connectivity index (χ1n) is 10.7. The number of hydrogen-bond donors (Lipinski definition) is 0. The lowest BCUT2D eigenvalue weighted by atomic mass is 10.0. The van der Waals surface area contributed by atoms with E-state index in [1.165, 1.54) is 0 Å². The second-order valence-electron chi connectivity index (χ2n) is 8.05. The lowest BCUT2D eigenvalue weighted by molar-refractivity contribution is 0.0737. The number of likely N-dealkylation sites (tertiary alicyclic amines) is 1. The van der Waals surface area contributed by atoms with Gasteiger partial charge in [0, 0.05) is 12.1 Å². The number of aryl methyl sites for hydroxylation is 1. The standard InChI is InChI=1S/C25H20N4O2S/c1-15-22-17(14-19(26-23(22)31-28-15)16-8-3-2-4-9-16)25(30)29-13-7-11-20(29)24-27-18-10-5-6-12-21(18)32-24/h2-6,8-10,12,14,20H,7,11,13H2,1H3. The van der Waals surface area contributed by atoms with Crippen molar-refractivity contribution < 1.29 is 9.32 Å². The molecule has 2 aromatic carbocycles. The molecule has 3 aromatic heterocycles. The number of carbonyl (C=O) groups excluding carboxylic acids is 1. The minimum Gasteiger partial charge on any atom is -0.335 e. The van der Waals surface area contributed by atoms with Crippen LogP contribution in [-0.4, -0.2) is 32.5 Å². The van der Waals surface area contributed by atoms with Crippen molar-refractivity contribution >= 4 is 38.6 Å². The first kappa shape index (κ1) is 19.1. The molecular weight excluding hydrogens is 420 g/mol. The fourth-order valence-electron chi connectivity index (χ4n) is 4.47. The zero-order valence-electron chi connectivity index (χ0n) is 17.5. The van der Waals surface area contributed by atoms with E-state index in [0.717, 1.165) is 33.6 Å². The Morgan fingerprint density at radius 3 is 2.75 bits per heavy atom. The van der Waals surface area contributed by atoms with Crippen molar-refractivity contribution in [3.63, 3.8) is 0 Å². The molecule has 0 aliphatic carbocycles. The summed E-state index contributed by atoms with van der Waals surface area (Å²) in [5, 5.41) is 5.77. The maximum Gasteiger partial charge on any atom is 0.259 e. The molecule has 6 rings (SSSR count). The van der Waals surface area contributed by atoms with Gasteiger partial charge in [-0.25, -0.2) is 9.97 Å². The molecule has 5 aromatic rings. The summed E-state index contributed by atoms with van der Waals surface area (Å²) in [5.41, 5.74) is 4.27. The van der Waals surface area contributed by atoms with Crippen LogP contribution in [0, 0.1) is 6.92 Å². The highest BCUT2D eigenvalue weighted by Gasteiger charge is 2.34. The molecule has 7 heteroatoms. The van der Waals surface area contributed by atoms with Crippen LogP contribution in [0.25, 0.3) is 32.6 Å². The van der Waals surface area contributed by atoms with Crippen LogP contribution in [0.4, 0.5) is 0 Å². The Balaban J connectivity index is 1.45. The molecular formula is C25H20N4O2S. The van der Waals surface area contributed by atoms with Crippen LogP contribution in [0.1, 0.15) is 39.9 Å². The maximum atomic E-state index is 13.9. The Bertz CT molecular complexity index is 1420. The van der Waals surface area contributed by atoms with Gasteiger partial charge in [-0.2, -0.15) is 0 Å². The van der Waals surface area contributed by atoms with E-state index in [-0.39, 0.29) is 11.9 Å². The Hall–Kier alpha value is -3.58. The van der Waals surface area contributed by atoms with E-state index in [2.05, 4.69) is 16.2 Å². The summed E-state index contributed by atoms with van der Waals surface area (Å²) in [6, 6.07) is 19.8. The van der Waals surface area contributed by atoms with Gasteiger partial charge in [0.2, 0.25) is 0 Å². The summed E-state index contributed by atoms with van der Waals surface area (Å²) in [4.78, 5) is 25.3. The molecule has 0 N–H and O–H groups in total. The summed E-state index contributed by atoms with van der Waals surface area (Å²) in [7, 11) is 0. The lowest BCUT2D eigenvalue weighted by Crippen LogP contribution is -2.30. The van der Waals surface area contributed by atoms with E-state index in [1.54, 1.807) is 11.3 Å². The molecule has 1 amide bonds. The molecule has 158 valence electrons. The zero-order valence-corrected chi connectivity index (χ0v) is 18.3. The molecule has 1 unspecified atom stereocenters. The van der Waals surface area contributed by atoms with Gasteiger partial charge in [-0.15, -0.1) is 11.3 Å². The molecule has 1 atom stereocenters. The zero-order chi connectivity index (χ0) is 21.7. The van der Waals surface area contributed by atoms with Gasteiger partial charge in [-0.1, -0.05) is 47.6 Å². The van der Waals surface area contributed by atoms with Crippen LogP contribution < -0.4 is 0 Å². The van der Waals surface area contributed by atoms with E-state index >= 15 is 0 Å². The number of thiazole rings is 1. The second-order valence-corrected chi connectivity index (χ2v) is 9.11. The number of pyridine rings is 1. The predicted molar refractivity (Wildman–Crippen MR) is 125 cm³/mol. The van der Waals surface area contributed by atoms with Crippen molar-refractivity contribution in [2.45, 2.75) is 25.8 Å². The molecule has 32 heavy (non-hydrogen) atoms. The Morgan fingerprint density at radius 2 is 1.91 bits per heavy atom. The number of benzene rings is 2. The molecule has 0 spiro atoms. The number of hydrogen-bond acceptors (Lipinski definition) is 6. The number of aromatic nitrogens is 3. The Morgan fingerprint density at radius 1 is 1.09 bits per heavy atom. The molecule has 0 bridgehead atoms. The van der Waals surface area contributed by atoms with Gasteiger partial charge in [-0.05, 0) is 38.0 Å². The third-order valence-electron chi connectivity index (χ3n) is 6.03. The van der Waals surface area contributed by atoms with Crippen molar-refractivity contribution in [2.75, 3.05) is 6.54 Å². The van der Waals surface area contributed by atoms with Crippen LogP contribution >= 0.6 is 11.3 Å². The molecule has 6 nitrogen and oxygen atoms in total. The number of amides is 1. The van der Waals surface area contributed by atoms with E-state index in [9.17, 15) is 4.79 Å². The van der Waals surface area contributed by atoms with E-state index in [1.807, 2.05) is 66.4 Å². The third-order valence-corrected chi connectivity index (χ3v) is 7.16. The summed E-state index contributed by atoms with van der Waals surface area (Å²) in [5.74, 6) is -0.0253. The summed E-state index contributed by atoms with van der Waals surface area (Å²) < 4.78 is 6.62. The van der Waals surface area contributed by atoms with Gasteiger partial charge in [-0.3, -0.25) is 4.79 Å². The van der Waals surface area contributed by atoms with Gasteiger partial charge >= 0.3 is 0 Å². The summed E-state index contributed by atoms with van der Waals surface area (Å²) in [6.07, 6.45) is 1.86. The van der Waals surface area contributed by atoms with Crippen LogP contribution in [0.15, 0.2) is 65.2 Å². The average Bonchev–Trinajstić information content (AvgIpc) is 3.56. The Labute approximate surface area is 188 Å². The van der Waals surface area contributed by atoms with Gasteiger partial charge in [0.15, 0.2) is 0 Å². The van der Waals surface area contributed by atoms with Gasteiger partial charge < -0.3 is 9.42 Å². The lowest BCUT2D eigenvalue weighted by Gasteiger charge is -2.23. The van der Waals surface area contributed by atoms with Crippen molar-refractivity contribution in [2.24, 2.45) is 0 Å². The number of carbonyl (C=O) groups is 1. The number of nitrogens with zero attached hydrogens (tertiary/aromatic N) is 4. The fraction of sp³-hybridized carbons (Fsp3) is 0.200.